The molecule has 2 heterocycles. The first kappa shape index (κ1) is 16.9. The maximum atomic E-state index is 12.3. The summed E-state index contributed by atoms with van der Waals surface area (Å²) in [6.07, 6.45) is 4.56. The van der Waals surface area contributed by atoms with Crippen LogP contribution >= 0.6 is 11.6 Å². The highest BCUT2D eigenvalue weighted by atomic mass is 35.5. The number of piperazine rings is 1. The molecule has 0 bridgehead atoms. The zero-order chi connectivity index (χ0) is 16.8. The minimum atomic E-state index is 0.237. The smallest absolute Gasteiger partial charge is 0.222 e. The second-order valence-electron chi connectivity index (χ2n) is 6.05. The van der Waals surface area contributed by atoms with E-state index in [-0.39, 0.29) is 5.91 Å². The molecule has 1 fully saturated rings. The zero-order valence-electron chi connectivity index (χ0n) is 13.6. The van der Waals surface area contributed by atoms with E-state index in [0.29, 0.717) is 6.42 Å². The first-order chi connectivity index (χ1) is 11.7. The molecule has 0 atom stereocenters. The van der Waals surface area contributed by atoms with Crippen LogP contribution in [0.1, 0.15) is 18.4 Å². The Hall–Kier alpha value is -1.92. The third-order valence-corrected chi connectivity index (χ3v) is 4.54. The van der Waals surface area contributed by atoms with Gasteiger partial charge in [0.05, 0.1) is 0 Å². The number of nitrogens with zero attached hydrogens (tertiary/aromatic N) is 5. The number of rotatable bonds is 6. The molecule has 0 saturated carbocycles. The van der Waals surface area contributed by atoms with Crippen molar-refractivity contribution >= 4 is 17.5 Å². The van der Waals surface area contributed by atoms with Crippen LogP contribution in [0.15, 0.2) is 36.9 Å². The number of aryl methyl sites for hydroxylation is 1. The van der Waals surface area contributed by atoms with Crippen molar-refractivity contribution in [2.75, 3.05) is 26.2 Å². The fourth-order valence-corrected chi connectivity index (χ4v) is 3.03. The molecular formula is C17H22ClN5O. The Morgan fingerprint density at radius 2 is 1.88 bits per heavy atom. The maximum absolute atomic E-state index is 12.3. The van der Waals surface area contributed by atoms with Crippen molar-refractivity contribution < 1.29 is 4.79 Å². The second kappa shape index (κ2) is 8.26. The van der Waals surface area contributed by atoms with Gasteiger partial charge in [-0.3, -0.25) is 14.4 Å². The number of carbonyl (C=O) groups excluding carboxylic acids is 1. The molecule has 1 aromatic carbocycles. The van der Waals surface area contributed by atoms with E-state index in [1.807, 2.05) is 17.0 Å². The Morgan fingerprint density at radius 1 is 1.12 bits per heavy atom. The lowest BCUT2D eigenvalue weighted by Crippen LogP contribution is -2.48. The minimum Gasteiger partial charge on any atom is -0.340 e. The first-order valence-electron chi connectivity index (χ1n) is 8.28. The van der Waals surface area contributed by atoms with E-state index in [0.717, 1.165) is 50.7 Å². The molecule has 1 aromatic heterocycles. The summed E-state index contributed by atoms with van der Waals surface area (Å²) in [7, 11) is 0. The quantitative estimate of drug-likeness (QED) is 0.802. The third-order valence-electron chi connectivity index (χ3n) is 4.29. The fourth-order valence-electron chi connectivity index (χ4n) is 2.90. The number of hydrogen-bond acceptors (Lipinski definition) is 4. The minimum absolute atomic E-state index is 0.237. The van der Waals surface area contributed by atoms with Gasteiger partial charge < -0.3 is 4.90 Å². The molecule has 0 unspecified atom stereocenters. The van der Waals surface area contributed by atoms with E-state index >= 15 is 0 Å². The molecule has 0 radical (unpaired) electrons. The SMILES string of the molecule is O=C(CCCn1cncn1)N1CCN(Cc2ccc(Cl)cc2)CC1. The molecule has 0 spiro atoms. The van der Waals surface area contributed by atoms with Crippen LogP contribution in [0.3, 0.4) is 0 Å². The van der Waals surface area contributed by atoms with Crippen LogP contribution in [-0.2, 0) is 17.9 Å². The molecule has 2 aromatic rings. The van der Waals surface area contributed by atoms with Gasteiger partial charge in [-0.2, -0.15) is 5.10 Å². The molecular weight excluding hydrogens is 326 g/mol. The van der Waals surface area contributed by atoms with Crippen molar-refractivity contribution in [2.24, 2.45) is 0 Å². The van der Waals surface area contributed by atoms with Crippen molar-refractivity contribution in [1.29, 1.82) is 0 Å². The highest BCUT2D eigenvalue weighted by molar-refractivity contribution is 6.30. The molecule has 6 nitrogen and oxygen atoms in total. The summed E-state index contributed by atoms with van der Waals surface area (Å²) in [6, 6.07) is 7.96. The summed E-state index contributed by atoms with van der Waals surface area (Å²) >= 11 is 5.92. The molecule has 1 aliphatic heterocycles. The zero-order valence-corrected chi connectivity index (χ0v) is 14.4. The molecule has 1 saturated heterocycles. The van der Waals surface area contributed by atoms with E-state index in [2.05, 4.69) is 27.1 Å². The van der Waals surface area contributed by atoms with E-state index in [1.54, 1.807) is 11.0 Å². The predicted octanol–water partition coefficient (Wildman–Crippen LogP) is 2.06. The van der Waals surface area contributed by atoms with Crippen LogP contribution in [-0.4, -0.2) is 56.7 Å². The van der Waals surface area contributed by atoms with Gasteiger partial charge in [-0.05, 0) is 24.1 Å². The normalized spacial score (nSPS) is 15.6. The average Bonchev–Trinajstić information content (AvgIpc) is 3.11. The van der Waals surface area contributed by atoms with Crippen LogP contribution in [0, 0.1) is 0 Å². The Morgan fingerprint density at radius 3 is 2.54 bits per heavy atom. The van der Waals surface area contributed by atoms with Crippen LogP contribution < -0.4 is 0 Å². The van der Waals surface area contributed by atoms with Crippen LogP contribution in [0.5, 0.6) is 0 Å². The van der Waals surface area contributed by atoms with Gasteiger partial charge in [0.2, 0.25) is 5.91 Å². The summed E-state index contributed by atoms with van der Waals surface area (Å²) in [5.41, 5.74) is 1.26. The van der Waals surface area contributed by atoms with Gasteiger partial charge in [-0.15, -0.1) is 0 Å². The number of carbonyl (C=O) groups is 1. The number of hydrogen-bond donors (Lipinski definition) is 0. The highest BCUT2D eigenvalue weighted by Gasteiger charge is 2.20. The molecule has 1 amide bonds. The van der Waals surface area contributed by atoms with Crippen molar-refractivity contribution in [1.82, 2.24) is 24.6 Å². The van der Waals surface area contributed by atoms with Crippen LogP contribution in [0.25, 0.3) is 0 Å². The predicted molar refractivity (Wildman–Crippen MR) is 92.6 cm³/mol. The van der Waals surface area contributed by atoms with Gasteiger partial charge in [-0.25, -0.2) is 4.98 Å². The Balaban J connectivity index is 1.38. The molecule has 3 rings (SSSR count). The second-order valence-corrected chi connectivity index (χ2v) is 6.48. The van der Waals surface area contributed by atoms with Gasteiger partial charge in [0.1, 0.15) is 12.7 Å². The third kappa shape index (κ3) is 4.79. The number of amides is 1. The summed E-state index contributed by atoms with van der Waals surface area (Å²) in [4.78, 5) is 20.5. The molecule has 7 heteroatoms. The van der Waals surface area contributed by atoms with E-state index < -0.39 is 0 Å². The molecule has 24 heavy (non-hydrogen) atoms. The Kier molecular flexibility index (Phi) is 5.82. The van der Waals surface area contributed by atoms with Gasteiger partial charge >= 0.3 is 0 Å². The monoisotopic (exact) mass is 347 g/mol. The average molecular weight is 348 g/mol. The lowest BCUT2D eigenvalue weighted by atomic mass is 10.2. The van der Waals surface area contributed by atoms with Crippen LogP contribution in [0.4, 0.5) is 0 Å². The van der Waals surface area contributed by atoms with Gasteiger partial charge in [0, 0.05) is 50.7 Å². The molecule has 1 aliphatic rings. The Labute approximate surface area is 147 Å². The standard InChI is InChI=1S/C17H22ClN5O/c18-16-5-3-15(4-6-16)12-21-8-10-22(11-9-21)17(24)2-1-7-23-14-19-13-20-23/h3-6,13-14H,1-2,7-12H2. The topological polar surface area (TPSA) is 54.3 Å². The largest absolute Gasteiger partial charge is 0.340 e. The van der Waals surface area contributed by atoms with Crippen molar-refractivity contribution in [3.05, 3.63) is 47.5 Å². The number of halogens is 1. The highest BCUT2D eigenvalue weighted by Crippen LogP contribution is 2.13. The molecule has 128 valence electrons. The lowest BCUT2D eigenvalue weighted by molar-refractivity contribution is -0.133. The van der Waals surface area contributed by atoms with Crippen molar-refractivity contribution in [3.8, 4) is 0 Å². The van der Waals surface area contributed by atoms with E-state index in [1.165, 1.54) is 11.9 Å². The van der Waals surface area contributed by atoms with Gasteiger partial charge in [0.15, 0.2) is 0 Å². The lowest BCUT2D eigenvalue weighted by Gasteiger charge is -2.34. The molecule has 0 aliphatic carbocycles. The number of benzene rings is 1. The summed E-state index contributed by atoms with van der Waals surface area (Å²) in [6.45, 7) is 5.08. The molecule has 0 N–H and O–H groups in total. The van der Waals surface area contributed by atoms with Crippen molar-refractivity contribution in [2.45, 2.75) is 25.9 Å². The summed E-state index contributed by atoms with van der Waals surface area (Å²) in [5, 5.41) is 4.81. The number of aromatic nitrogens is 3. The van der Waals surface area contributed by atoms with E-state index in [9.17, 15) is 4.79 Å². The summed E-state index contributed by atoms with van der Waals surface area (Å²) in [5.74, 6) is 0.237. The first-order valence-corrected chi connectivity index (χ1v) is 8.65. The van der Waals surface area contributed by atoms with Crippen LogP contribution in [0.2, 0.25) is 5.02 Å². The summed E-state index contributed by atoms with van der Waals surface area (Å²) < 4.78 is 1.76. The van der Waals surface area contributed by atoms with Crippen molar-refractivity contribution in [3.63, 3.8) is 0 Å². The Bertz CT molecular complexity index is 636. The van der Waals surface area contributed by atoms with Gasteiger partial charge in [0.25, 0.3) is 0 Å². The fraction of sp³-hybridized carbons (Fsp3) is 0.471. The van der Waals surface area contributed by atoms with Gasteiger partial charge in [-0.1, -0.05) is 23.7 Å². The maximum Gasteiger partial charge on any atom is 0.222 e. The van der Waals surface area contributed by atoms with E-state index in [4.69, 9.17) is 11.6 Å².